The third kappa shape index (κ3) is 12.1. The fraction of sp³-hybridized carbons (Fsp3) is 0.647. The number of amides is 4. The van der Waals surface area contributed by atoms with Crippen molar-refractivity contribution in [2.24, 2.45) is 10.9 Å². The van der Waals surface area contributed by atoms with Gasteiger partial charge in [0.2, 0.25) is 11.9 Å². The van der Waals surface area contributed by atoms with Crippen LogP contribution in [0.15, 0.2) is 29.3 Å². The molecule has 272 valence electrons. The lowest BCUT2D eigenvalue weighted by molar-refractivity contribution is -0.143. The van der Waals surface area contributed by atoms with Gasteiger partial charge in [-0.3, -0.25) is 4.79 Å². The summed E-state index contributed by atoms with van der Waals surface area (Å²) in [4.78, 5) is 73.3. The van der Waals surface area contributed by atoms with E-state index in [9.17, 15) is 24.0 Å². The van der Waals surface area contributed by atoms with Crippen molar-refractivity contribution < 1.29 is 42.9 Å². The second kappa shape index (κ2) is 16.7. The fourth-order valence-electron chi connectivity index (χ4n) is 5.18. The minimum atomic E-state index is -1.09. The first kappa shape index (κ1) is 38.9. The molecule has 3 rings (SSSR count). The summed E-state index contributed by atoms with van der Waals surface area (Å²) in [7, 11) is 1.20. The number of nitrogens with one attached hydrogen (secondary N) is 2. The number of nitrogens with zero attached hydrogens (tertiary/aromatic N) is 4. The van der Waals surface area contributed by atoms with Crippen LogP contribution in [0.4, 0.5) is 25.8 Å². The van der Waals surface area contributed by atoms with Crippen molar-refractivity contribution in [3.05, 3.63) is 24.3 Å². The number of anilines is 1. The summed E-state index contributed by atoms with van der Waals surface area (Å²) in [5, 5.41) is 5.19. The molecule has 1 aromatic rings. The average Bonchev–Trinajstić information content (AvgIpc) is 3.00. The van der Waals surface area contributed by atoms with Crippen molar-refractivity contribution in [1.29, 1.82) is 0 Å². The highest BCUT2D eigenvalue weighted by Crippen LogP contribution is 2.28. The zero-order chi connectivity index (χ0) is 36.5. The van der Waals surface area contributed by atoms with E-state index in [1.165, 1.54) is 16.9 Å². The quantitative estimate of drug-likeness (QED) is 0.292. The number of rotatable bonds is 8. The number of benzene rings is 1. The van der Waals surface area contributed by atoms with Gasteiger partial charge < -0.3 is 34.5 Å². The highest BCUT2D eigenvalue weighted by Gasteiger charge is 2.37. The fourth-order valence-corrected chi connectivity index (χ4v) is 5.18. The molecule has 0 bridgehead atoms. The van der Waals surface area contributed by atoms with E-state index in [0.717, 1.165) is 5.69 Å². The van der Waals surface area contributed by atoms with Crippen LogP contribution in [0.2, 0.25) is 0 Å². The van der Waals surface area contributed by atoms with Crippen molar-refractivity contribution >= 4 is 47.5 Å². The molecule has 2 heterocycles. The van der Waals surface area contributed by atoms with Crippen molar-refractivity contribution in [3.63, 3.8) is 0 Å². The Kier molecular flexibility index (Phi) is 13.3. The number of alkyl carbamates (subject to hydrolysis) is 1. The van der Waals surface area contributed by atoms with Crippen LogP contribution in [0.25, 0.3) is 0 Å². The van der Waals surface area contributed by atoms with Crippen LogP contribution in [0.5, 0.6) is 0 Å². The van der Waals surface area contributed by atoms with Gasteiger partial charge in [-0.15, -0.1) is 0 Å². The lowest BCUT2D eigenvalue weighted by Gasteiger charge is -2.37. The number of esters is 1. The van der Waals surface area contributed by atoms with E-state index >= 15 is 0 Å². The second-order valence-electron chi connectivity index (χ2n) is 14.2. The SMILES string of the molecule is COC(=O)[C@H](CNC(=O)C1CCN(c2cccc(N=C3N(C(=O)OC(C)(C)C)CCCN3C(=O)OC(C)(C)C)c2)CC1)NC(=O)OC(C)C. The maximum atomic E-state index is 13.2. The number of hydrogen-bond donors (Lipinski definition) is 2. The summed E-state index contributed by atoms with van der Waals surface area (Å²) >= 11 is 0. The van der Waals surface area contributed by atoms with E-state index in [0.29, 0.717) is 51.1 Å². The number of ether oxygens (including phenoxy) is 4. The van der Waals surface area contributed by atoms with Gasteiger partial charge in [-0.25, -0.2) is 34.0 Å². The lowest BCUT2D eigenvalue weighted by atomic mass is 9.95. The number of aliphatic imine (C=N–C) groups is 1. The molecular formula is C34H52N6O9. The highest BCUT2D eigenvalue weighted by molar-refractivity contribution is 6.03. The first-order valence-corrected chi connectivity index (χ1v) is 16.6. The van der Waals surface area contributed by atoms with Crippen LogP contribution >= 0.6 is 0 Å². The minimum Gasteiger partial charge on any atom is -0.467 e. The van der Waals surface area contributed by atoms with Gasteiger partial charge >= 0.3 is 24.2 Å². The van der Waals surface area contributed by atoms with Crippen LogP contribution in [-0.4, -0.2) is 109 Å². The number of methoxy groups -OCH3 is 1. The molecule has 15 nitrogen and oxygen atoms in total. The Hall–Kier alpha value is -4.56. The van der Waals surface area contributed by atoms with E-state index in [-0.39, 0.29) is 30.4 Å². The molecule has 1 atom stereocenters. The molecule has 1 aromatic carbocycles. The maximum Gasteiger partial charge on any atom is 0.417 e. The Balaban J connectivity index is 1.72. The van der Waals surface area contributed by atoms with Crippen LogP contribution < -0.4 is 15.5 Å². The van der Waals surface area contributed by atoms with Gasteiger partial charge in [0.15, 0.2) is 0 Å². The summed E-state index contributed by atoms with van der Waals surface area (Å²) in [5.74, 6) is -1.10. The summed E-state index contributed by atoms with van der Waals surface area (Å²) < 4.78 is 21.1. The van der Waals surface area contributed by atoms with Gasteiger partial charge in [0.1, 0.15) is 17.2 Å². The minimum absolute atomic E-state index is 0.125. The standard InChI is InChI=1S/C34H52N6O9/c1-22(2)47-30(43)37-26(28(42)46-9)21-35-27(41)23-14-18-38(19-15-23)25-13-10-12-24(20-25)36-29-39(31(44)48-33(3,4)5)16-11-17-40(29)32(45)49-34(6,7)8/h10,12-13,20,22-23,26H,11,14-19,21H2,1-9H3,(H,35,41)(H,37,43)/t26-/m0/s1. The van der Waals surface area contributed by atoms with Crippen LogP contribution in [-0.2, 0) is 28.5 Å². The van der Waals surface area contributed by atoms with Gasteiger partial charge in [-0.1, -0.05) is 6.07 Å². The molecule has 2 saturated heterocycles. The highest BCUT2D eigenvalue weighted by atomic mass is 16.6. The maximum absolute atomic E-state index is 13.2. The van der Waals surface area contributed by atoms with E-state index < -0.39 is 41.5 Å². The van der Waals surface area contributed by atoms with E-state index in [1.807, 2.05) is 18.2 Å². The topological polar surface area (TPSA) is 168 Å². The van der Waals surface area contributed by atoms with Crippen molar-refractivity contribution in [3.8, 4) is 0 Å². The average molecular weight is 689 g/mol. The molecule has 2 N–H and O–H groups in total. The van der Waals surface area contributed by atoms with E-state index in [2.05, 4.69) is 15.5 Å². The molecule has 49 heavy (non-hydrogen) atoms. The van der Waals surface area contributed by atoms with Gasteiger partial charge in [-0.05, 0) is 92.9 Å². The third-order valence-corrected chi connectivity index (χ3v) is 7.36. The molecule has 2 fully saturated rings. The Labute approximate surface area is 288 Å². The Bertz CT molecular complexity index is 1340. The monoisotopic (exact) mass is 688 g/mol. The second-order valence-corrected chi connectivity index (χ2v) is 14.2. The molecule has 0 aromatic heterocycles. The van der Waals surface area contributed by atoms with Gasteiger partial charge in [0.25, 0.3) is 0 Å². The Morgan fingerprint density at radius 2 is 1.47 bits per heavy atom. The molecule has 0 aliphatic carbocycles. The molecule has 2 aliphatic heterocycles. The number of guanidine groups is 1. The van der Waals surface area contributed by atoms with Crippen molar-refractivity contribution in [2.45, 2.75) is 98.0 Å². The largest absolute Gasteiger partial charge is 0.467 e. The van der Waals surface area contributed by atoms with Gasteiger partial charge in [-0.2, -0.15) is 0 Å². The smallest absolute Gasteiger partial charge is 0.417 e. The normalized spacial score (nSPS) is 16.4. The van der Waals surface area contributed by atoms with Gasteiger partial charge in [0.05, 0.1) is 18.9 Å². The molecule has 0 unspecified atom stereocenters. The number of piperidine rings is 1. The number of carbonyl (C=O) groups is 5. The summed E-state index contributed by atoms with van der Waals surface area (Å²) in [6.45, 7) is 15.7. The predicted molar refractivity (Wildman–Crippen MR) is 183 cm³/mol. The summed E-state index contributed by atoms with van der Waals surface area (Å²) in [6, 6.07) is 6.34. The van der Waals surface area contributed by atoms with Crippen molar-refractivity contribution in [2.75, 3.05) is 44.7 Å². The molecule has 0 saturated carbocycles. The zero-order valence-electron chi connectivity index (χ0n) is 30.2. The van der Waals surface area contributed by atoms with Crippen LogP contribution in [0.1, 0.15) is 74.7 Å². The first-order valence-electron chi connectivity index (χ1n) is 16.6. The Morgan fingerprint density at radius 3 is 1.98 bits per heavy atom. The molecule has 2 aliphatic rings. The molecule has 0 radical (unpaired) electrons. The molecule has 0 spiro atoms. The van der Waals surface area contributed by atoms with E-state index in [4.69, 9.17) is 23.9 Å². The van der Waals surface area contributed by atoms with Crippen molar-refractivity contribution in [1.82, 2.24) is 20.4 Å². The first-order chi connectivity index (χ1) is 22.9. The van der Waals surface area contributed by atoms with Gasteiger partial charge in [0, 0.05) is 44.3 Å². The van der Waals surface area contributed by atoms with Crippen LogP contribution in [0, 0.1) is 5.92 Å². The van der Waals surface area contributed by atoms with Crippen LogP contribution in [0.3, 0.4) is 0 Å². The Morgan fingerprint density at radius 1 is 0.898 bits per heavy atom. The molecular weight excluding hydrogens is 636 g/mol. The predicted octanol–water partition coefficient (Wildman–Crippen LogP) is 4.56. The lowest BCUT2D eigenvalue weighted by Crippen LogP contribution is -2.56. The number of carbonyl (C=O) groups excluding carboxylic acids is 5. The zero-order valence-corrected chi connectivity index (χ0v) is 30.2. The molecule has 4 amide bonds. The molecule has 15 heteroatoms. The summed E-state index contributed by atoms with van der Waals surface area (Å²) in [6.07, 6.45) is -0.758. The van der Waals surface area contributed by atoms with E-state index in [1.54, 1.807) is 61.5 Å². The summed E-state index contributed by atoms with van der Waals surface area (Å²) in [5.41, 5.74) is -0.113. The number of hydrogen-bond acceptors (Lipinski definition) is 11. The third-order valence-electron chi connectivity index (χ3n) is 7.36.